The molecule has 0 bridgehead atoms. The second kappa shape index (κ2) is 4.75. The predicted molar refractivity (Wildman–Crippen MR) is 67.5 cm³/mol. The molecule has 1 aromatic rings. The number of ether oxygens (including phenoxy) is 2. The number of Topliss-reactive ketones (excluding diaryl/α,β-unsaturated/α-hetero) is 1. The van der Waals surface area contributed by atoms with Crippen LogP contribution in [0.2, 0.25) is 0 Å². The van der Waals surface area contributed by atoms with Crippen molar-refractivity contribution < 1.29 is 14.3 Å². The average molecular weight is 350 g/mol. The summed E-state index contributed by atoms with van der Waals surface area (Å²) in [5.74, 6) is 1.32. The SMILES string of the molecule is COc1cc(Br)c2c(c1Br)C(=O)CCCO2. The first-order valence-electron chi connectivity index (χ1n) is 4.87. The molecule has 3 nitrogen and oxygen atoms in total. The van der Waals surface area contributed by atoms with Crippen molar-refractivity contribution in [2.24, 2.45) is 0 Å². The van der Waals surface area contributed by atoms with Gasteiger partial charge in [0.15, 0.2) is 5.78 Å². The van der Waals surface area contributed by atoms with Crippen LogP contribution in [0.5, 0.6) is 11.5 Å². The number of carbonyl (C=O) groups is 1. The standard InChI is InChI=1S/C11H10Br2O3/c1-15-8-5-6(12)11-9(10(8)13)7(14)3-2-4-16-11/h5H,2-4H2,1H3. The third-order valence-electron chi connectivity index (χ3n) is 2.43. The van der Waals surface area contributed by atoms with E-state index in [9.17, 15) is 4.79 Å². The maximum atomic E-state index is 12.0. The molecular formula is C11H10Br2O3. The molecule has 5 heteroatoms. The molecule has 0 saturated heterocycles. The van der Waals surface area contributed by atoms with Gasteiger partial charge in [0.1, 0.15) is 11.5 Å². The van der Waals surface area contributed by atoms with Crippen LogP contribution in [0.4, 0.5) is 0 Å². The van der Waals surface area contributed by atoms with E-state index in [4.69, 9.17) is 9.47 Å². The van der Waals surface area contributed by atoms with Crippen LogP contribution >= 0.6 is 31.9 Å². The van der Waals surface area contributed by atoms with E-state index in [1.54, 1.807) is 13.2 Å². The Morgan fingerprint density at radius 1 is 1.44 bits per heavy atom. The van der Waals surface area contributed by atoms with Gasteiger partial charge in [-0.15, -0.1) is 0 Å². The monoisotopic (exact) mass is 348 g/mol. The number of rotatable bonds is 1. The van der Waals surface area contributed by atoms with E-state index in [2.05, 4.69) is 31.9 Å². The van der Waals surface area contributed by atoms with Crippen molar-refractivity contribution in [1.82, 2.24) is 0 Å². The minimum Gasteiger partial charge on any atom is -0.496 e. The summed E-state index contributed by atoms with van der Waals surface area (Å²) in [6.07, 6.45) is 1.25. The van der Waals surface area contributed by atoms with Crippen molar-refractivity contribution in [3.63, 3.8) is 0 Å². The number of benzene rings is 1. The molecule has 0 spiro atoms. The summed E-state index contributed by atoms with van der Waals surface area (Å²) >= 11 is 6.78. The highest BCUT2D eigenvalue weighted by molar-refractivity contribution is 9.11. The van der Waals surface area contributed by atoms with Gasteiger partial charge in [0, 0.05) is 6.42 Å². The molecule has 16 heavy (non-hydrogen) atoms. The van der Waals surface area contributed by atoms with E-state index in [0.29, 0.717) is 34.6 Å². The van der Waals surface area contributed by atoms with Gasteiger partial charge in [-0.1, -0.05) is 0 Å². The van der Waals surface area contributed by atoms with Crippen LogP contribution in [0.3, 0.4) is 0 Å². The van der Waals surface area contributed by atoms with Gasteiger partial charge >= 0.3 is 0 Å². The highest BCUT2D eigenvalue weighted by Crippen LogP contribution is 2.42. The molecule has 0 aromatic heterocycles. The van der Waals surface area contributed by atoms with Gasteiger partial charge in [0.25, 0.3) is 0 Å². The summed E-state index contributed by atoms with van der Waals surface area (Å²) in [5, 5.41) is 0. The Kier molecular flexibility index (Phi) is 3.54. The fourth-order valence-electron chi connectivity index (χ4n) is 1.66. The topological polar surface area (TPSA) is 35.5 Å². The zero-order valence-corrected chi connectivity index (χ0v) is 11.9. The first kappa shape index (κ1) is 11.9. The lowest BCUT2D eigenvalue weighted by molar-refractivity contribution is 0.0982. The van der Waals surface area contributed by atoms with Crippen LogP contribution < -0.4 is 9.47 Å². The molecule has 0 saturated carbocycles. The molecule has 86 valence electrons. The smallest absolute Gasteiger partial charge is 0.168 e. The Bertz CT molecular complexity index is 443. The molecule has 0 aliphatic carbocycles. The highest BCUT2D eigenvalue weighted by Gasteiger charge is 2.24. The molecule has 1 heterocycles. The molecule has 0 amide bonds. The Balaban J connectivity index is 2.67. The molecule has 0 fully saturated rings. The summed E-state index contributed by atoms with van der Waals surface area (Å²) in [7, 11) is 1.57. The summed E-state index contributed by atoms with van der Waals surface area (Å²) in [6.45, 7) is 0.566. The van der Waals surface area contributed by atoms with Gasteiger partial charge < -0.3 is 9.47 Å². The lowest BCUT2D eigenvalue weighted by atomic mass is 10.1. The van der Waals surface area contributed by atoms with Crippen LogP contribution in [0.1, 0.15) is 23.2 Å². The van der Waals surface area contributed by atoms with E-state index >= 15 is 0 Å². The maximum Gasteiger partial charge on any atom is 0.168 e. The Labute approximate surface area is 110 Å². The second-order valence-electron chi connectivity index (χ2n) is 3.45. The van der Waals surface area contributed by atoms with E-state index in [1.807, 2.05) is 0 Å². The fraction of sp³-hybridized carbons (Fsp3) is 0.364. The summed E-state index contributed by atoms with van der Waals surface area (Å²) in [6, 6.07) is 1.79. The van der Waals surface area contributed by atoms with E-state index in [1.165, 1.54) is 0 Å². The molecule has 2 rings (SSSR count). The van der Waals surface area contributed by atoms with Crippen molar-refractivity contribution in [1.29, 1.82) is 0 Å². The molecule has 1 aromatic carbocycles. The van der Waals surface area contributed by atoms with Crippen LogP contribution in [-0.4, -0.2) is 19.5 Å². The van der Waals surface area contributed by atoms with Gasteiger partial charge in [0.05, 0.1) is 28.2 Å². The lowest BCUT2D eigenvalue weighted by Gasteiger charge is -2.13. The minimum atomic E-state index is 0.0824. The van der Waals surface area contributed by atoms with E-state index in [-0.39, 0.29) is 5.78 Å². The molecule has 0 N–H and O–H groups in total. The summed E-state index contributed by atoms with van der Waals surface area (Å²) in [4.78, 5) is 12.0. The normalized spacial score (nSPS) is 15.1. The molecule has 1 aliphatic rings. The molecular weight excluding hydrogens is 340 g/mol. The van der Waals surface area contributed by atoms with Gasteiger partial charge in [-0.05, 0) is 44.3 Å². The minimum absolute atomic E-state index is 0.0824. The zero-order valence-electron chi connectivity index (χ0n) is 8.68. The van der Waals surface area contributed by atoms with E-state index in [0.717, 1.165) is 10.9 Å². The van der Waals surface area contributed by atoms with Crippen LogP contribution in [0.25, 0.3) is 0 Å². The highest BCUT2D eigenvalue weighted by atomic mass is 79.9. The van der Waals surface area contributed by atoms with Crippen molar-refractivity contribution in [3.8, 4) is 11.5 Å². The van der Waals surface area contributed by atoms with Crippen LogP contribution in [0.15, 0.2) is 15.0 Å². The zero-order chi connectivity index (χ0) is 11.7. The fourth-order valence-corrected chi connectivity index (χ4v) is 2.86. The predicted octanol–water partition coefficient (Wildman–Crippen LogP) is 3.58. The molecule has 0 radical (unpaired) electrons. The third-order valence-corrected chi connectivity index (χ3v) is 3.81. The summed E-state index contributed by atoms with van der Waals surface area (Å²) in [5.41, 5.74) is 0.573. The number of fused-ring (bicyclic) bond motifs is 1. The maximum absolute atomic E-state index is 12.0. The number of halogens is 2. The molecule has 0 unspecified atom stereocenters. The van der Waals surface area contributed by atoms with Gasteiger partial charge in [0.2, 0.25) is 0 Å². The number of methoxy groups -OCH3 is 1. The number of ketones is 1. The average Bonchev–Trinajstić information content (AvgIpc) is 2.46. The van der Waals surface area contributed by atoms with Crippen LogP contribution in [-0.2, 0) is 0 Å². The summed E-state index contributed by atoms with van der Waals surface area (Å²) < 4.78 is 12.2. The van der Waals surface area contributed by atoms with Crippen molar-refractivity contribution in [3.05, 3.63) is 20.6 Å². The Hall–Kier alpha value is -0.550. The van der Waals surface area contributed by atoms with Gasteiger partial charge in [-0.3, -0.25) is 4.79 Å². The first-order chi connectivity index (χ1) is 7.65. The third kappa shape index (κ3) is 1.98. The van der Waals surface area contributed by atoms with Gasteiger partial charge in [-0.25, -0.2) is 0 Å². The first-order valence-corrected chi connectivity index (χ1v) is 6.45. The Morgan fingerprint density at radius 2 is 2.19 bits per heavy atom. The Morgan fingerprint density at radius 3 is 2.88 bits per heavy atom. The van der Waals surface area contributed by atoms with Crippen LogP contribution in [0, 0.1) is 0 Å². The number of hydrogen-bond donors (Lipinski definition) is 0. The van der Waals surface area contributed by atoms with Crippen molar-refractivity contribution in [2.45, 2.75) is 12.8 Å². The van der Waals surface area contributed by atoms with Crippen molar-refractivity contribution in [2.75, 3.05) is 13.7 Å². The molecule has 0 atom stereocenters. The largest absolute Gasteiger partial charge is 0.496 e. The number of hydrogen-bond acceptors (Lipinski definition) is 3. The second-order valence-corrected chi connectivity index (χ2v) is 5.10. The van der Waals surface area contributed by atoms with Crippen molar-refractivity contribution >= 4 is 37.6 Å². The van der Waals surface area contributed by atoms with Gasteiger partial charge in [-0.2, -0.15) is 0 Å². The van der Waals surface area contributed by atoms with E-state index < -0.39 is 0 Å². The molecule has 1 aliphatic heterocycles. The number of carbonyl (C=O) groups excluding carboxylic acids is 1. The quantitative estimate of drug-likeness (QED) is 0.777. The lowest BCUT2D eigenvalue weighted by Crippen LogP contribution is -2.01.